The van der Waals surface area contributed by atoms with E-state index in [1.807, 2.05) is 4.90 Å². The summed E-state index contributed by atoms with van der Waals surface area (Å²) in [6.45, 7) is 4.06. The third kappa shape index (κ3) is 4.19. The van der Waals surface area contributed by atoms with E-state index < -0.39 is 0 Å². The van der Waals surface area contributed by atoms with Crippen molar-refractivity contribution in [3.63, 3.8) is 0 Å². The molecule has 1 aromatic heterocycles. The third-order valence-corrected chi connectivity index (χ3v) is 4.51. The van der Waals surface area contributed by atoms with Gasteiger partial charge in [-0.25, -0.2) is 4.39 Å². The molecule has 0 radical (unpaired) electrons. The van der Waals surface area contributed by atoms with Gasteiger partial charge in [-0.05, 0) is 30.5 Å². The number of halogens is 1. The minimum Gasteiger partial charge on any atom is -0.369 e. The highest BCUT2D eigenvalue weighted by Crippen LogP contribution is 2.15. The van der Waals surface area contributed by atoms with Crippen molar-refractivity contribution in [2.45, 2.75) is 19.8 Å². The first kappa shape index (κ1) is 17.9. The van der Waals surface area contributed by atoms with Crippen LogP contribution in [0.1, 0.15) is 17.5 Å². The number of nitrogens with zero attached hydrogens (tertiary/aromatic N) is 3. The van der Waals surface area contributed by atoms with Crippen molar-refractivity contribution in [3.05, 3.63) is 51.6 Å². The van der Waals surface area contributed by atoms with Crippen LogP contribution in [-0.4, -0.2) is 47.0 Å². The lowest BCUT2D eigenvalue weighted by molar-refractivity contribution is -0.130. The number of nitrogens with two attached hydrogens (primary N) is 1. The number of amides is 1. The molecule has 2 heterocycles. The second-order valence-corrected chi connectivity index (χ2v) is 6.47. The Bertz CT molecular complexity index is 867. The van der Waals surface area contributed by atoms with Crippen LogP contribution in [0.4, 0.5) is 16.2 Å². The van der Waals surface area contributed by atoms with Gasteiger partial charge < -0.3 is 15.5 Å². The first-order chi connectivity index (χ1) is 12.4. The lowest BCUT2D eigenvalue weighted by Crippen LogP contribution is -2.36. The summed E-state index contributed by atoms with van der Waals surface area (Å²) in [6.07, 6.45) is 0.926. The predicted octanol–water partition coefficient (Wildman–Crippen LogP) is 1.08. The molecule has 3 N–H and O–H groups in total. The molecule has 0 spiro atoms. The van der Waals surface area contributed by atoms with E-state index in [-0.39, 0.29) is 29.7 Å². The number of nitrogens with one attached hydrogen (secondary N) is 1. The fourth-order valence-electron chi connectivity index (χ4n) is 3.05. The molecule has 1 amide bonds. The number of aryl methyl sites for hydroxylation is 1. The van der Waals surface area contributed by atoms with E-state index in [4.69, 9.17) is 5.73 Å². The molecule has 1 fully saturated rings. The number of aromatic nitrogens is 2. The molecule has 1 saturated heterocycles. The Labute approximate surface area is 150 Å². The molecule has 0 atom stereocenters. The Kier molecular flexibility index (Phi) is 5.20. The maximum atomic E-state index is 13.7. The fraction of sp³-hybridized carbons (Fsp3) is 0.389. The number of anilines is 2. The molecule has 7 nitrogen and oxygen atoms in total. The Morgan fingerprint density at radius 2 is 2.08 bits per heavy atom. The van der Waals surface area contributed by atoms with Gasteiger partial charge >= 0.3 is 0 Å². The maximum Gasteiger partial charge on any atom is 0.254 e. The van der Waals surface area contributed by atoms with Gasteiger partial charge in [0.2, 0.25) is 11.9 Å². The Morgan fingerprint density at radius 3 is 2.81 bits per heavy atom. The highest BCUT2D eigenvalue weighted by Gasteiger charge is 2.20. The maximum absolute atomic E-state index is 13.7. The van der Waals surface area contributed by atoms with Gasteiger partial charge in [0.05, 0.1) is 6.42 Å². The van der Waals surface area contributed by atoms with Gasteiger partial charge in [-0.3, -0.25) is 14.6 Å². The molecule has 2 aromatic rings. The largest absolute Gasteiger partial charge is 0.369 e. The van der Waals surface area contributed by atoms with Crippen molar-refractivity contribution in [2.75, 3.05) is 36.8 Å². The summed E-state index contributed by atoms with van der Waals surface area (Å²) in [5, 5.41) is 0. The highest BCUT2D eigenvalue weighted by molar-refractivity contribution is 5.79. The minimum atomic E-state index is -0.300. The van der Waals surface area contributed by atoms with Crippen molar-refractivity contribution in [2.24, 2.45) is 0 Å². The van der Waals surface area contributed by atoms with Crippen LogP contribution in [0.25, 0.3) is 0 Å². The number of hydrogen-bond acceptors (Lipinski definition) is 5. The molecular weight excluding hydrogens is 337 g/mol. The average Bonchev–Trinajstić information content (AvgIpc) is 2.83. The predicted molar refractivity (Wildman–Crippen MR) is 97.5 cm³/mol. The second-order valence-electron chi connectivity index (χ2n) is 6.47. The zero-order chi connectivity index (χ0) is 18.7. The van der Waals surface area contributed by atoms with Gasteiger partial charge in [-0.1, -0.05) is 12.1 Å². The number of hydrogen-bond donors (Lipinski definition) is 2. The van der Waals surface area contributed by atoms with Crippen LogP contribution in [0.2, 0.25) is 0 Å². The van der Waals surface area contributed by atoms with E-state index in [0.29, 0.717) is 43.1 Å². The number of carbonyl (C=O) groups is 1. The summed E-state index contributed by atoms with van der Waals surface area (Å²) in [4.78, 5) is 34.4. The number of H-pyrrole nitrogens is 1. The van der Waals surface area contributed by atoms with E-state index in [2.05, 4.69) is 9.97 Å². The summed E-state index contributed by atoms with van der Waals surface area (Å²) < 4.78 is 13.7. The minimum absolute atomic E-state index is 0.0338. The monoisotopic (exact) mass is 359 g/mol. The molecule has 0 aliphatic carbocycles. The van der Waals surface area contributed by atoms with Crippen molar-refractivity contribution >= 4 is 17.7 Å². The number of benzene rings is 1. The first-order valence-corrected chi connectivity index (χ1v) is 8.57. The first-order valence-electron chi connectivity index (χ1n) is 8.57. The van der Waals surface area contributed by atoms with E-state index in [1.54, 1.807) is 24.0 Å². The van der Waals surface area contributed by atoms with Crippen LogP contribution in [0.5, 0.6) is 0 Å². The molecule has 1 aliphatic rings. The third-order valence-electron chi connectivity index (χ3n) is 4.51. The molecular formula is C18H22FN5O2. The summed E-state index contributed by atoms with van der Waals surface area (Å²) >= 11 is 0. The second kappa shape index (κ2) is 7.55. The van der Waals surface area contributed by atoms with Crippen LogP contribution in [0.15, 0.2) is 29.1 Å². The summed E-state index contributed by atoms with van der Waals surface area (Å²) in [7, 11) is 0. The van der Waals surface area contributed by atoms with Gasteiger partial charge in [0.25, 0.3) is 5.56 Å². The van der Waals surface area contributed by atoms with E-state index in [1.165, 1.54) is 12.1 Å². The molecule has 3 rings (SSSR count). The quantitative estimate of drug-likeness (QED) is 0.855. The smallest absolute Gasteiger partial charge is 0.254 e. The molecule has 8 heteroatoms. The molecule has 1 aliphatic heterocycles. The number of carbonyl (C=O) groups excluding carboxylic acids is 1. The summed E-state index contributed by atoms with van der Waals surface area (Å²) in [5.74, 6) is 0.260. The van der Waals surface area contributed by atoms with Gasteiger partial charge in [0.1, 0.15) is 11.6 Å². The van der Waals surface area contributed by atoms with Crippen molar-refractivity contribution in [1.29, 1.82) is 0 Å². The van der Waals surface area contributed by atoms with Crippen LogP contribution >= 0.6 is 0 Å². The van der Waals surface area contributed by atoms with Crippen LogP contribution in [-0.2, 0) is 11.2 Å². The molecule has 138 valence electrons. The molecule has 0 bridgehead atoms. The Morgan fingerprint density at radius 1 is 1.27 bits per heavy atom. The topological polar surface area (TPSA) is 95.3 Å². The molecule has 1 aromatic carbocycles. The zero-order valence-corrected chi connectivity index (χ0v) is 14.7. The normalized spacial score (nSPS) is 15.0. The lowest BCUT2D eigenvalue weighted by atomic mass is 10.1. The number of rotatable bonds is 3. The Balaban J connectivity index is 1.65. The van der Waals surface area contributed by atoms with Crippen LogP contribution < -0.4 is 16.2 Å². The van der Waals surface area contributed by atoms with Crippen molar-refractivity contribution < 1.29 is 9.18 Å². The molecule has 0 saturated carbocycles. The van der Waals surface area contributed by atoms with Crippen molar-refractivity contribution in [1.82, 2.24) is 14.9 Å². The van der Waals surface area contributed by atoms with Crippen molar-refractivity contribution in [3.8, 4) is 0 Å². The SMILES string of the molecule is Cc1ccc(CC(=O)N2CCCN(c3cc(=O)[nH]c(N)n3)CC2)cc1F. The number of nitrogen functional groups attached to an aromatic ring is 1. The van der Waals surface area contributed by atoms with E-state index >= 15 is 0 Å². The zero-order valence-electron chi connectivity index (χ0n) is 14.7. The summed E-state index contributed by atoms with van der Waals surface area (Å²) in [5.41, 5.74) is 6.54. The molecule has 26 heavy (non-hydrogen) atoms. The Hall–Kier alpha value is -2.90. The van der Waals surface area contributed by atoms with Gasteiger partial charge in [0.15, 0.2) is 0 Å². The number of aromatic amines is 1. The van der Waals surface area contributed by atoms with Gasteiger partial charge in [-0.2, -0.15) is 4.98 Å². The summed E-state index contributed by atoms with van der Waals surface area (Å²) in [6, 6.07) is 6.29. The van der Waals surface area contributed by atoms with Crippen LogP contribution in [0, 0.1) is 12.7 Å². The standard InChI is InChI=1S/C18H22FN5O2/c1-12-3-4-13(9-14(12)19)10-17(26)24-6-2-5-23(7-8-24)15-11-16(25)22-18(20)21-15/h3-4,9,11H,2,5-8,10H2,1H3,(H3,20,21,22,25). The van der Waals surface area contributed by atoms with Gasteiger partial charge in [-0.15, -0.1) is 0 Å². The van der Waals surface area contributed by atoms with Crippen LogP contribution in [0.3, 0.4) is 0 Å². The lowest BCUT2D eigenvalue weighted by Gasteiger charge is -2.23. The highest BCUT2D eigenvalue weighted by atomic mass is 19.1. The van der Waals surface area contributed by atoms with Gasteiger partial charge in [0, 0.05) is 32.2 Å². The fourth-order valence-corrected chi connectivity index (χ4v) is 3.05. The van der Waals surface area contributed by atoms with E-state index in [9.17, 15) is 14.0 Å². The van der Waals surface area contributed by atoms with E-state index in [0.717, 1.165) is 6.42 Å². The average molecular weight is 359 g/mol. The molecule has 0 unspecified atom stereocenters.